The molecule has 1 fully saturated rings. The highest BCUT2D eigenvalue weighted by Gasteiger charge is 2.85. The van der Waals surface area contributed by atoms with Gasteiger partial charge in [-0.1, -0.05) is 62.6 Å². The van der Waals surface area contributed by atoms with Gasteiger partial charge in [-0.2, -0.15) is 0 Å². The van der Waals surface area contributed by atoms with Crippen LogP contribution in [0.1, 0.15) is 80.0 Å². The zero-order chi connectivity index (χ0) is 31.7. The average Bonchev–Trinajstić information content (AvgIpc) is 3.75. The lowest BCUT2D eigenvalue weighted by Crippen LogP contribution is -2.51. The van der Waals surface area contributed by atoms with Gasteiger partial charge in [0.2, 0.25) is 5.78 Å². The third kappa shape index (κ3) is 6.83. The minimum absolute atomic E-state index is 0.0641. The van der Waals surface area contributed by atoms with Crippen molar-refractivity contribution >= 4 is 17.5 Å². The summed E-state index contributed by atoms with van der Waals surface area (Å²) in [6.07, 6.45) is 8.35. The van der Waals surface area contributed by atoms with Crippen molar-refractivity contribution in [3.05, 3.63) is 70.1 Å². The number of ketones is 2. The van der Waals surface area contributed by atoms with E-state index in [0.717, 1.165) is 49.2 Å². The van der Waals surface area contributed by atoms with E-state index < -0.39 is 28.7 Å². The summed E-state index contributed by atoms with van der Waals surface area (Å²) in [7, 11) is 1.87. The number of esters is 1. The van der Waals surface area contributed by atoms with Gasteiger partial charge in [0.15, 0.2) is 11.4 Å². The molecule has 0 spiro atoms. The number of fused-ring (bicyclic) bond motifs is 2. The van der Waals surface area contributed by atoms with Crippen molar-refractivity contribution in [1.29, 1.82) is 0 Å². The molecular weight excluding hydrogens is 560 g/mol. The molecule has 10 nitrogen and oxygen atoms in total. The van der Waals surface area contributed by atoms with E-state index in [2.05, 4.69) is 40.3 Å². The molecule has 10 heteroatoms. The Balaban J connectivity index is 1.57. The summed E-state index contributed by atoms with van der Waals surface area (Å²) in [6, 6.07) is 6.51. The molecule has 44 heavy (non-hydrogen) atoms. The second-order valence-electron chi connectivity index (χ2n) is 11.9. The lowest BCUT2D eigenvalue weighted by atomic mass is 9.71. The van der Waals surface area contributed by atoms with Crippen LogP contribution >= 0.6 is 0 Å². The molecule has 240 valence electrons. The molecule has 0 unspecified atom stereocenters. The number of aliphatic hydroxyl groups excluding tert-OH is 1. The summed E-state index contributed by atoms with van der Waals surface area (Å²) in [5.74, 6) is -0.807. The van der Waals surface area contributed by atoms with Crippen LogP contribution in [0.5, 0.6) is 0 Å². The van der Waals surface area contributed by atoms with Gasteiger partial charge in [-0.15, -0.1) is 0 Å². The van der Waals surface area contributed by atoms with Gasteiger partial charge in [0, 0.05) is 36.6 Å². The highest BCUT2D eigenvalue weighted by atomic mass is 16.7. The van der Waals surface area contributed by atoms with E-state index in [-0.39, 0.29) is 36.7 Å². The van der Waals surface area contributed by atoms with Crippen molar-refractivity contribution in [3.8, 4) is 0 Å². The Morgan fingerprint density at radius 3 is 2.61 bits per heavy atom. The van der Waals surface area contributed by atoms with Crippen LogP contribution in [0.3, 0.4) is 0 Å². The topological polar surface area (TPSA) is 141 Å². The van der Waals surface area contributed by atoms with Crippen LogP contribution in [0.25, 0.3) is 0 Å². The number of dihydropyridines is 1. The third-order valence-electron chi connectivity index (χ3n) is 8.83. The van der Waals surface area contributed by atoms with Gasteiger partial charge in [-0.05, 0) is 57.0 Å². The molecule has 0 radical (unpaired) electrons. The number of allylic oxidation sites excluding steroid dienone is 3. The quantitative estimate of drug-likeness (QED) is 0.0555. The summed E-state index contributed by atoms with van der Waals surface area (Å²) >= 11 is 0. The van der Waals surface area contributed by atoms with E-state index in [9.17, 15) is 19.5 Å². The van der Waals surface area contributed by atoms with Crippen LogP contribution in [0, 0.1) is 5.92 Å². The van der Waals surface area contributed by atoms with Gasteiger partial charge in [0.25, 0.3) is 5.60 Å². The minimum atomic E-state index is -2.05. The SMILES string of the molecule is CCCC[C@H](CNCC)COC(=O)[C@]12O[C@@]1(C/C(CO)=C(\C)CCC1=CCNC(NCNC)=C1)C(=O)c1ccccc1C2=O. The van der Waals surface area contributed by atoms with Gasteiger partial charge in [-0.3, -0.25) is 9.59 Å². The summed E-state index contributed by atoms with van der Waals surface area (Å²) in [5.41, 5.74) is -0.786. The highest BCUT2D eigenvalue weighted by Crippen LogP contribution is 2.59. The summed E-state index contributed by atoms with van der Waals surface area (Å²) in [5, 5.41) is 23.4. The summed E-state index contributed by atoms with van der Waals surface area (Å²) in [6.45, 7) is 8.67. The van der Waals surface area contributed by atoms with Crippen molar-refractivity contribution in [2.24, 2.45) is 5.92 Å². The first kappa shape index (κ1) is 33.6. The molecule has 0 aromatic heterocycles. The van der Waals surface area contributed by atoms with Crippen LogP contribution in [-0.4, -0.2) is 80.4 Å². The van der Waals surface area contributed by atoms with Crippen LogP contribution in [0.2, 0.25) is 0 Å². The monoisotopic (exact) mass is 608 g/mol. The lowest BCUT2D eigenvalue weighted by Gasteiger charge is -2.26. The first-order valence-corrected chi connectivity index (χ1v) is 15.9. The normalized spacial score (nSPS) is 23.4. The second-order valence-corrected chi connectivity index (χ2v) is 11.9. The second kappa shape index (κ2) is 15.1. The number of carbonyl (C=O) groups excluding carboxylic acids is 3. The maximum atomic E-state index is 14.0. The van der Waals surface area contributed by atoms with Crippen LogP contribution in [0.15, 0.2) is 59.0 Å². The largest absolute Gasteiger partial charge is 0.463 e. The maximum absolute atomic E-state index is 14.0. The number of hydrogen-bond donors (Lipinski definition) is 5. The van der Waals surface area contributed by atoms with E-state index in [4.69, 9.17) is 9.47 Å². The molecule has 4 rings (SSSR count). The molecule has 3 aliphatic rings. The summed E-state index contributed by atoms with van der Waals surface area (Å²) < 4.78 is 11.9. The van der Waals surface area contributed by atoms with E-state index in [1.54, 1.807) is 24.3 Å². The average molecular weight is 609 g/mol. The molecule has 2 heterocycles. The number of carbonyl (C=O) groups is 3. The molecule has 1 aliphatic carbocycles. The zero-order valence-corrected chi connectivity index (χ0v) is 26.5. The Kier molecular flexibility index (Phi) is 11.5. The molecule has 1 aromatic rings. The maximum Gasteiger partial charge on any atom is 0.350 e. The Bertz CT molecular complexity index is 1310. The van der Waals surface area contributed by atoms with Crippen molar-refractivity contribution in [2.45, 2.75) is 70.5 Å². The summed E-state index contributed by atoms with van der Waals surface area (Å²) in [4.78, 5) is 41.8. The molecule has 5 N–H and O–H groups in total. The fraction of sp³-hybridized carbons (Fsp3) is 0.559. The van der Waals surface area contributed by atoms with E-state index in [0.29, 0.717) is 31.8 Å². The molecule has 3 atom stereocenters. The van der Waals surface area contributed by atoms with Crippen molar-refractivity contribution in [3.63, 3.8) is 0 Å². The molecule has 1 saturated heterocycles. The Hall–Kier alpha value is -3.31. The van der Waals surface area contributed by atoms with Crippen LogP contribution in [-0.2, 0) is 14.3 Å². The highest BCUT2D eigenvalue weighted by molar-refractivity contribution is 6.32. The number of ether oxygens (including phenoxy) is 2. The van der Waals surface area contributed by atoms with Crippen molar-refractivity contribution in [1.82, 2.24) is 21.3 Å². The van der Waals surface area contributed by atoms with Crippen molar-refractivity contribution in [2.75, 3.05) is 46.6 Å². The number of unbranched alkanes of at least 4 members (excludes halogenated alkanes) is 1. The van der Waals surface area contributed by atoms with E-state index in [1.807, 2.05) is 20.9 Å². The van der Waals surface area contributed by atoms with Gasteiger partial charge in [0.1, 0.15) is 5.82 Å². The van der Waals surface area contributed by atoms with Crippen LogP contribution in [0.4, 0.5) is 0 Å². The molecular formula is C34H48N4O6. The first-order valence-electron chi connectivity index (χ1n) is 15.9. The predicted molar refractivity (Wildman–Crippen MR) is 169 cm³/mol. The van der Waals surface area contributed by atoms with Gasteiger partial charge < -0.3 is 35.8 Å². The third-order valence-corrected chi connectivity index (χ3v) is 8.83. The number of benzene rings is 1. The first-order chi connectivity index (χ1) is 21.3. The number of rotatable bonds is 18. The van der Waals surface area contributed by atoms with Gasteiger partial charge in [-0.25, -0.2) is 4.79 Å². The predicted octanol–water partition coefficient (Wildman–Crippen LogP) is 3.15. The zero-order valence-electron chi connectivity index (χ0n) is 26.5. The number of hydrogen-bond acceptors (Lipinski definition) is 10. The molecule has 0 saturated carbocycles. The Labute approximate surface area is 260 Å². The van der Waals surface area contributed by atoms with E-state index in [1.165, 1.54) is 0 Å². The number of aliphatic hydroxyl groups is 1. The number of nitrogens with one attached hydrogen (secondary N) is 4. The van der Waals surface area contributed by atoms with Crippen LogP contribution < -0.4 is 21.3 Å². The smallest absolute Gasteiger partial charge is 0.350 e. The fourth-order valence-electron chi connectivity index (χ4n) is 6.09. The number of Topliss-reactive ketones (excluding diaryl/α,β-unsaturated/α-hetero) is 2. The molecule has 1 aromatic carbocycles. The molecule has 0 amide bonds. The number of epoxide rings is 1. The van der Waals surface area contributed by atoms with Gasteiger partial charge in [0.05, 0.1) is 19.9 Å². The molecule has 2 aliphatic heterocycles. The lowest BCUT2D eigenvalue weighted by molar-refractivity contribution is -0.149. The molecule has 0 bridgehead atoms. The minimum Gasteiger partial charge on any atom is -0.463 e. The van der Waals surface area contributed by atoms with E-state index >= 15 is 0 Å². The van der Waals surface area contributed by atoms with Gasteiger partial charge >= 0.3 is 5.97 Å². The van der Waals surface area contributed by atoms with Crippen molar-refractivity contribution < 1.29 is 29.0 Å². The Morgan fingerprint density at radius 1 is 1.18 bits per heavy atom. The Morgan fingerprint density at radius 2 is 1.93 bits per heavy atom. The fourth-order valence-corrected chi connectivity index (χ4v) is 6.09. The standard InChI is InChI=1S/C34H48N4O6/c1-5-7-10-25(19-36-6-2)21-43-32(42)34-31(41)28-12-9-8-11-27(28)30(40)33(34,44-34)18-26(20-39)23(3)13-14-24-15-16-37-29(17-24)38-22-35-4/h8-9,11-12,15,17,25,35-39H,5-7,10,13-14,16,18-22H2,1-4H3/b26-23-/t25-,33+,34+/m1/s1.